The van der Waals surface area contributed by atoms with Crippen molar-refractivity contribution < 1.29 is 22.4 Å². The second kappa shape index (κ2) is 10.1. The number of carbonyl (C=O) groups is 2. The Bertz CT molecular complexity index is 1170. The van der Waals surface area contributed by atoms with Crippen LogP contribution >= 0.6 is 0 Å². The van der Waals surface area contributed by atoms with Gasteiger partial charge in [0, 0.05) is 43.9 Å². The van der Waals surface area contributed by atoms with Crippen molar-refractivity contribution in [3.63, 3.8) is 0 Å². The minimum Gasteiger partial charge on any atom is -0.368 e. The van der Waals surface area contributed by atoms with E-state index in [9.17, 15) is 18.0 Å². The third-order valence-corrected chi connectivity index (χ3v) is 9.64. The van der Waals surface area contributed by atoms with Gasteiger partial charge < -0.3 is 15.5 Å². The maximum absolute atomic E-state index is 15.3. The van der Waals surface area contributed by atoms with Gasteiger partial charge in [0.05, 0.1) is 6.54 Å². The molecule has 10 heteroatoms. The highest BCUT2D eigenvalue weighted by atomic mass is 32.2. The summed E-state index contributed by atoms with van der Waals surface area (Å²) in [6, 6.07) is 3.58. The zero-order valence-corrected chi connectivity index (χ0v) is 21.0. The second-order valence-electron chi connectivity index (χ2n) is 9.54. The lowest BCUT2D eigenvalue weighted by Gasteiger charge is -2.41. The number of sulfonamides is 1. The number of piperazine rings is 1. The molecular formula is C25H33FN4O4S. The minimum absolute atomic E-state index is 0.0551. The average molecular weight is 505 g/mol. The molecule has 0 spiro atoms. The summed E-state index contributed by atoms with van der Waals surface area (Å²) in [6.07, 6.45) is 8.89. The third-order valence-electron chi connectivity index (χ3n) is 7.27. The van der Waals surface area contributed by atoms with Gasteiger partial charge in [0.15, 0.2) is 0 Å². The maximum atomic E-state index is 15.3. The van der Waals surface area contributed by atoms with Crippen LogP contribution in [0.4, 0.5) is 10.1 Å². The van der Waals surface area contributed by atoms with E-state index in [-0.39, 0.29) is 30.6 Å². The van der Waals surface area contributed by atoms with Gasteiger partial charge in [0.2, 0.25) is 21.8 Å². The molecule has 2 fully saturated rings. The highest BCUT2D eigenvalue weighted by Crippen LogP contribution is 2.34. The molecule has 0 bridgehead atoms. The molecule has 1 aromatic carbocycles. The number of halogens is 1. The zero-order valence-electron chi connectivity index (χ0n) is 20.2. The second-order valence-corrected chi connectivity index (χ2v) is 11.6. The van der Waals surface area contributed by atoms with Crippen LogP contribution in [-0.2, 0) is 26.2 Å². The smallest absolute Gasteiger partial charge is 0.241 e. The number of nitrogens with two attached hydrogens (primary N) is 1. The molecule has 1 aliphatic carbocycles. The zero-order chi connectivity index (χ0) is 25.3. The van der Waals surface area contributed by atoms with Crippen molar-refractivity contribution in [1.29, 1.82) is 0 Å². The molecule has 2 aliphatic heterocycles. The summed E-state index contributed by atoms with van der Waals surface area (Å²) < 4.78 is 43.7. The molecule has 0 saturated carbocycles. The van der Waals surface area contributed by atoms with Crippen molar-refractivity contribution in [3.05, 3.63) is 53.4 Å². The lowest BCUT2D eigenvalue weighted by molar-refractivity contribution is -0.130. The number of anilines is 1. The van der Waals surface area contributed by atoms with Crippen molar-refractivity contribution in [2.75, 3.05) is 24.5 Å². The monoisotopic (exact) mass is 504 g/mol. The molecular weight excluding hydrogens is 471 g/mol. The normalized spacial score (nSPS) is 26.9. The number of rotatable bonds is 5. The van der Waals surface area contributed by atoms with Crippen LogP contribution < -0.4 is 10.6 Å². The van der Waals surface area contributed by atoms with Crippen LogP contribution in [0.1, 0.15) is 45.1 Å². The Hall–Kier alpha value is -2.72. The summed E-state index contributed by atoms with van der Waals surface area (Å²) in [5.74, 6) is -1.28. The first kappa shape index (κ1) is 25.4. The molecule has 0 radical (unpaired) electrons. The molecule has 0 aromatic heterocycles. The molecule has 2 amide bonds. The fraction of sp³-hybridized carbons (Fsp3) is 0.520. The van der Waals surface area contributed by atoms with Gasteiger partial charge >= 0.3 is 0 Å². The lowest BCUT2D eigenvalue weighted by atomic mass is 9.99. The number of primary amides is 1. The van der Waals surface area contributed by atoms with Crippen molar-refractivity contribution in [2.45, 2.75) is 63.4 Å². The van der Waals surface area contributed by atoms with Crippen molar-refractivity contribution in [1.82, 2.24) is 9.21 Å². The standard InChI is InChI=1S/C25H33FN4O4S/c1-17-8-11-24(19-6-4-3-5-7-19)35(33,34)30(17)15-20-9-10-21(14-22(20)26)29-13-12-28(18(2)31)16-23(29)25(27)32/h4,6-7,9-10,14,17,23-24H,3,5,8,11-13,15-16H2,1-2H3,(H2,27,32)/t17-,23+,24?/m0/s1. The summed E-state index contributed by atoms with van der Waals surface area (Å²) in [5.41, 5.74) is 7.15. The number of carbonyl (C=O) groups excluding carboxylic acids is 2. The maximum Gasteiger partial charge on any atom is 0.241 e. The van der Waals surface area contributed by atoms with Gasteiger partial charge in [-0.05, 0) is 50.3 Å². The van der Waals surface area contributed by atoms with Crippen LogP contribution in [0.3, 0.4) is 0 Å². The van der Waals surface area contributed by atoms with E-state index >= 15 is 4.39 Å². The first-order valence-corrected chi connectivity index (χ1v) is 13.6. The first-order valence-electron chi connectivity index (χ1n) is 12.1. The molecule has 4 rings (SSSR count). The fourth-order valence-electron chi connectivity index (χ4n) is 5.19. The SMILES string of the molecule is CC(=O)N1CCN(c2ccc(CN3[C@@H](C)CCC(C4=CCCC=C4)S3(=O)=O)c(F)c2)[C@@H](C(N)=O)C1. The molecule has 3 atom stereocenters. The molecule has 8 nitrogen and oxygen atoms in total. The quantitative estimate of drug-likeness (QED) is 0.663. The van der Waals surface area contributed by atoms with Gasteiger partial charge in [-0.2, -0.15) is 4.31 Å². The Kier molecular flexibility index (Phi) is 7.32. The molecule has 1 unspecified atom stereocenters. The Morgan fingerprint density at radius 3 is 2.57 bits per heavy atom. The molecule has 190 valence electrons. The third kappa shape index (κ3) is 5.13. The summed E-state index contributed by atoms with van der Waals surface area (Å²) in [7, 11) is -3.65. The summed E-state index contributed by atoms with van der Waals surface area (Å²) in [5, 5.41) is -0.605. The summed E-state index contributed by atoms with van der Waals surface area (Å²) in [4.78, 5) is 27.0. The van der Waals surface area contributed by atoms with Crippen LogP contribution in [0, 0.1) is 5.82 Å². The van der Waals surface area contributed by atoms with Gasteiger partial charge in [0.25, 0.3) is 0 Å². The Morgan fingerprint density at radius 2 is 1.94 bits per heavy atom. The summed E-state index contributed by atoms with van der Waals surface area (Å²) in [6.45, 7) is 4.12. The van der Waals surface area contributed by atoms with E-state index in [1.54, 1.807) is 21.9 Å². The van der Waals surface area contributed by atoms with E-state index in [2.05, 4.69) is 0 Å². The number of hydrogen-bond donors (Lipinski definition) is 1. The van der Waals surface area contributed by atoms with Crippen LogP contribution in [-0.4, -0.2) is 66.4 Å². The van der Waals surface area contributed by atoms with Crippen LogP contribution in [0.15, 0.2) is 42.0 Å². The highest BCUT2D eigenvalue weighted by Gasteiger charge is 2.41. The van der Waals surface area contributed by atoms with Crippen LogP contribution in [0.25, 0.3) is 0 Å². The molecule has 3 aliphatic rings. The predicted molar refractivity (Wildman–Crippen MR) is 132 cm³/mol. The van der Waals surface area contributed by atoms with Gasteiger partial charge in [-0.1, -0.05) is 24.3 Å². The Labute approximate surface area is 206 Å². The number of benzene rings is 1. The predicted octanol–water partition coefficient (Wildman–Crippen LogP) is 2.31. The van der Waals surface area contributed by atoms with Crippen LogP contribution in [0.5, 0.6) is 0 Å². The molecule has 2 saturated heterocycles. The number of hydrogen-bond acceptors (Lipinski definition) is 5. The minimum atomic E-state index is -3.65. The largest absolute Gasteiger partial charge is 0.368 e. The van der Waals surface area contributed by atoms with Gasteiger partial charge in [-0.3, -0.25) is 9.59 Å². The van der Waals surface area contributed by atoms with E-state index in [4.69, 9.17) is 5.73 Å². The molecule has 2 N–H and O–H groups in total. The Balaban J connectivity index is 1.55. The molecule has 1 aromatic rings. The number of nitrogens with zero attached hydrogens (tertiary/aromatic N) is 3. The Morgan fingerprint density at radius 1 is 1.17 bits per heavy atom. The topological polar surface area (TPSA) is 104 Å². The van der Waals surface area contributed by atoms with Gasteiger partial charge in [-0.25, -0.2) is 12.8 Å². The highest BCUT2D eigenvalue weighted by molar-refractivity contribution is 7.90. The van der Waals surface area contributed by atoms with E-state index < -0.39 is 33.0 Å². The van der Waals surface area contributed by atoms with Crippen LogP contribution in [0.2, 0.25) is 0 Å². The van der Waals surface area contributed by atoms with Gasteiger partial charge in [0.1, 0.15) is 17.1 Å². The van der Waals surface area contributed by atoms with Crippen molar-refractivity contribution in [3.8, 4) is 0 Å². The van der Waals surface area contributed by atoms with E-state index in [0.717, 1.165) is 18.4 Å². The van der Waals surface area contributed by atoms with Crippen molar-refractivity contribution >= 4 is 27.5 Å². The van der Waals surface area contributed by atoms with Crippen molar-refractivity contribution in [2.24, 2.45) is 5.73 Å². The van der Waals surface area contributed by atoms with E-state index in [0.29, 0.717) is 31.6 Å². The van der Waals surface area contributed by atoms with E-state index in [1.807, 2.05) is 25.2 Å². The number of amides is 2. The average Bonchev–Trinajstić information content (AvgIpc) is 2.82. The molecule has 35 heavy (non-hydrogen) atoms. The fourth-order valence-corrected chi connectivity index (χ4v) is 7.39. The van der Waals surface area contributed by atoms with Gasteiger partial charge in [-0.15, -0.1) is 0 Å². The lowest BCUT2D eigenvalue weighted by Crippen LogP contribution is -2.59. The molecule has 2 heterocycles. The first-order chi connectivity index (χ1) is 16.6. The van der Waals surface area contributed by atoms with E-state index in [1.165, 1.54) is 17.3 Å². The summed E-state index contributed by atoms with van der Waals surface area (Å²) >= 11 is 0. The number of allylic oxidation sites excluding steroid dienone is 3.